The van der Waals surface area contributed by atoms with Gasteiger partial charge in [0.25, 0.3) is 0 Å². The molecule has 8 nitrogen and oxygen atoms in total. The summed E-state index contributed by atoms with van der Waals surface area (Å²) >= 11 is 0. The lowest BCUT2D eigenvalue weighted by Gasteiger charge is -2.29. The number of sulfonamides is 1. The first-order valence-corrected chi connectivity index (χ1v) is 14.0. The molecular formula is C27H37N3O5S. The molecule has 3 rings (SSSR count). The average molecular weight is 516 g/mol. The Morgan fingerprint density at radius 3 is 2.44 bits per heavy atom. The molecule has 9 heteroatoms. The first-order valence-electron chi connectivity index (χ1n) is 12.5. The highest BCUT2D eigenvalue weighted by atomic mass is 32.2. The molecular weight excluding hydrogens is 478 g/mol. The fraction of sp³-hybridized carbons (Fsp3) is 0.481. The van der Waals surface area contributed by atoms with Crippen LogP contribution in [0, 0.1) is 12.8 Å². The van der Waals surface area contributed by atoms with Gasteiger partial charge in [0.2, 0.25) is 10.0 Å². The third-order valence-electron chi connectivity index (χ3n) is 6.43. The molecule has 2 aromatic carbocycles. The van der Waals surface area contributed by atoms with E-state index in [1.165, 1.54) is 17.7 Å². The molecule has 196 valence electrons. The van der Waals surface area contributed by atoms with Crippen molar-refractivity contribution in [1.82, 2.24) is 14.9 Å². The summed E-state index contributed by atoms with van der Waals surface area (Å²) in [5, 5.41) is 15.7. The summed E-state index contributed by atoms with van der Waals surface area (Å²) in [7, 11) is -3.98. The summed E-state index contributed by atoms with van der Waals surface area (Å²) < 4.78 is 27.8. The maximum atomic E-state index is 13.4. The van der Waals surface area contributed by atoms with Crippen molar-refractivity contribution in [2.75, 3.05) is 13.1 Å². The van der Waals surface area contributed by atoms with E-state index >= 15 is 0 Å². The maximum Gasteiger partial charge on any atom is 0.322 e. The van der Waals surface area contributed by atoms with Crippen molar-refractivity contribution in [3.05, 3.63) is 65.2 Å². The number of hydrogen-bond acceptors (Lipinski definition) is 4. The highest BCUT2D eigenvalue weighted by molar-refractivity contribution is 7.89. The number of urea groups is 1. The van der Waals surface area contributed by atoms with E-state index in [0.717, 1.165) is 28.3 Å². The molecule has 1 aliphatic rings. The second-order valence-electron chi connectivity index (χ2n) is 9.82. The third-order valence-corrected chi connectivity index (χ3v) is 8.32. The predicted octanol–water partition coefficient (Wildman–Crippen LogP) is 4.25. The number of aliphatic carboxylic acids is 1. The molecule has 0 radical (unpaired) electrons. The number of carboxylic acid groups (broad SMARTS) is 1. The smallest absolute Gasteiger partial charge is 0.322 e. The lowest BCUT2D eigenvalue weighted by molar-refractivity contribution is -0.141. The summed E-state index contributed by atoms with van der Waals surface area (Å²) in [4.78, 5) is 24.6. The zero-order chi connectivity index (χ0) is 26.3. The van der Waals surface area contributed by atoms with Gasteiger partial charge in [-0.3, -0.25) is 4.79 Å². The highest BCUT2D eigenvalue weighted by Crippen LogP contribution is 2.30. The Labute approximate surface area is 214 Å². The number of unbranched alkanes of at least 4 members (excludes halogenated alkanes) is 1. The van der Waals surface area contributed by atoms with E-state index in [9.17, 15) is 23.1 Å². The molecule has 0 heterocycles. The molecule has 3 N–H and O–H groups in total. The molecule has 2 atom stereocenters. The Bertz CT molecular complexity index is 1150. The van der Waals surface area contributed by atoms with Crippen LogP contribution in [-0.2, 0) is 21.2 Å². The Kier molecular flexibility index (Phi) is 9.50. The number of rotatable bonds is 12. The molecule has 36 heavy (non-hydrogen) atoms. The number of nitrogens with one attached hydrogen (secondary N) is 2. The van der Waals surface area contributed by atoms with E-state index < -0.39 is 22.0 Å². The molecule has 0 spiro atoms. The van der Waals surface area contributed by atoms with Crippen LogP contribution in [0.15, 0.2) is 53.4 Å². The van der Waals surface area contributed by atoms with Crippen molar-refractivity contribution in [3.63, 3.8) is 0 Å². The van der Waals surface area contributed by atoms with Gasteiger partial charge >= 0.3 is 12.0 Å². The van der Waals surface area contributed by atoms with Gasteiger partial charge in [-0.05, 0) is 68.2 Å². The minimum absolute atomic E-state index is 0.00540. The fourth-order valence-corrected chi connectivity index (χ4v) is 6.35. The molecule has 0 aromatic heterocycles. The summed E-state index contributed by atoms with van der Waals surface area (Å²) in [6.45, 7) is 6.07. The van der Waals surface area contributed by atoms with Crippen molar-refractivity contribution in [3.8, 4) is 0 Å². The van der Waals surface area contributed by atoms with Crippen LogP contribution in [-0.4, -0.2) is 49.0 Å². The van der Waals surface area contributed by atoms with Gasteiger partial charge in [-0.2, -0.15) is 4.31 Å². The van der Waals surface area contributed by atoms with E-state index in [0.29, 0.717) is 19.4 Å². The Hall–Kier alpha value is -2.91. The van der Waals surface area contributed by atoms with E-state index in [4.69, 9.17) is 0 Å². The van der Waals surface area contributed by atoms with E-state index in [1.54, 1.807) is 12.1 Å². The molecule has 0 saturated carbocycles. The number of benzene rings is 2. The van der Waals surface area contributed by atoms with Crippen molar-refractivity contribution in [2.45, 2.75) is 69.9 Å². The largest absolute Gasteiger partial charge is 0.480 e. The Balaban J connectivity index is 1.55. The standard InChI is InChI=1S/C27H37N3O5S/c1-19(2)18-30(36(34,35)22-14-11-20(3)12-15-22)25(26(31)32)10-6-7-17-28-27(33)29-24-16-13-21-8-4-5-9-23(21)24/h4-5,8-9,11-12,14-15,19,24-25H,6-7,10,13,16-18H2,1-3H3,(H,31,32)(H2,28,29,33)/t24-,25+/m1/s1. The zero-order valence-electron chi connectivity index (χ0n) is 21.2. The Morgan fingerprint density at radius 1 is 1.08 bits per heavy atom. The number of carbonyl (C=O) groups excluding carboxylic acids is 1. The van der Waals surface area contributed by atoms with Gasteiger partial charge in [-0.25, -0.2) is 13.2 Å². The molecule has 0 fully saturated rings. The normalized spacial score (nSPS) is 16.1. The minimum atomic E-state index is -3.98. The van der Waals surface area contributed by atoms with Crippen molar-refractivity contribution >= 4 is 22.0 Å². The number of carbonyl (C=O) groups is 2. The monoisotopic (exact) mass is 515 g/mol. The van der Waals surface area contributed by atoms with Crippen LogP contribution in [0.5, 0.6) is 0 Å². The first kappa shape index (κ1) is 27.7. The zero-order valence-corrected chi connectivity index (χ0v) is 22.1. The topological polar surface area (TPSA) is 116 Å². The maximum absolute atomic E-state index is 13.4. The molecule has 2 amide bonds. The van der Waals surface area contributed by atoms with Gasteiger partial charge in [0, 0.05) is 13.1 Å². The number of hydrogen-bond donors (Lipinski definition) is 3. The van der Waals surface area contributed by atoms with Crippen molar-refractivity contribution in [2.24, 2.45) is 5.92 Å². The van der Waals surface area contributed by atoms with Gasteiger partial charge in [-0.1, -0.05) is 55.8 Å². The summed E-state index contributed by atoms with van der Waals surface area (Å²) in [6.07, 6.45) is 2.97. The molecule has 0 unspecified atom stereocenters. The van der Waals surface area contributed by atoms with Gasteiger partial charge in [0.05, 0.1) is 10.9 Å². The van der Waals surface area contributed by atoms with E-state index in [-0.39, 0.29) is 35.9 Å². The average Bonchev–Trinajstić information content (AvgIpc) is 3.23. The predicted molar refractivity (Wildman–Crippen MR) is 139 cm³/mol. The minimum Gasteiger partial charge on any atom is -0.480 e. The summed E-state index contributed by atoms with van der Waals surface area (Å²) in [5.74, 6) is -1.21. The van der Waals surface area contributed by atoms with Crippen LogP contribution in [0.4, 0.5) is 4.79 Å². The highest BCUT2D eigenvalue weighted by Gasteiger charge is 2.36. The second-order valence-corrected chi connectivity index (χ2v) is 11.7. The number of aryl methyl sites for hydroxylation is 2. The lowest BCUT2D eigenvalue weighted by atomic mass is 10.1. The molecule has 1 aliphatic carbocycles. The third kappa shape index (κ3) is 7.07. The van der Waals surface area contributed by atoms with Gasteiger partial charge in [0.15, 0.2) is 0 Å². The van der Waals surface area contributed by atoms with Gasteiger partial charge in [-0.15, -0.1) is 0 Å². The van der Waals surface area contributed by atoms with Crippen LogP contribution >= 0.6 is 0 Å². The molecule has 0 aliphatic heterocycles. The van der Waals surface area contributed by atoms with E-state index in [1.807, 2.05) is 39.0 Å². The van der Waals surface area contributed by atoms with Crippen molar-refractivity contribution in [1.29, 1.82) is 0 Å². The quantitative estimate of drug-likeness (QED) is 0.366. The summed E-state index contributed by atoms with van der Waals surface area (Å²) in [5.41, 5.74) is 3.33. The molecule has 0 saturated heterocycles. The summed E-state index contributed by atoms with van der Waals surface area (Å²) in [6, 6.07) is 13.1. The Morgan fingerprint density at radius 2 is 1.78 bits per heavy atom. The number of fused-ring (bicyclic) bond motifs is 1. The number of amides is 2. The number of nitrogens with zero attached hydrogens (tertiary/aromatic N) is 1. The SMILES string of the molecule is Cc1ccc(S(=O)(=O)N(CC(C)C)[C@@H](CCCCNC(=O)N[C@@H]2CCc3ccccc32)C(=O)O)cc1. The van der Waals surface area contributed by atoms with Gasteiger partial charge < -0.3 is 15.7 Å². The lowest BCUT2D eigenvalue weighted by Crippen LogP contribution is -2.46. The van der Waals surface area contributed by atoms with Crippen LogP contribution in [0.1, 0.15) is 62.3 Å². The van der Waals surface area contributed by atoms with Crippen molar-refractivity contribution < 1.29 is 23.1 Å². The van der Waals surface area contributed by atoms with Crippen LogP contribution in [0.2, 0.25) is 0 Å². The molecule has 0 bridgehead atoms. The van der Waals surface area contributed by atoms with Gasteiger partial charge in [0.1, 0.15) is 6.04 Å². The van der Waals surface area contributed by atoms with Crippen LogP contribution in [0.3, 0.4) is 0 Å². The first-order chi connectivity index (χ1) is 17.1. The fourth-order valence-electron chi connectivity index (χ4n) is 4.57. The number of carboxylic acids is 1. The van der Waals surface area contributed by atoms with Crippen LogP contribution < -0.4 is 10.6 Å². The van der Waals surface area contributed by atoms with E-state index in [2.05, 4.69) is 16.7 Å². The second kappa shape index (κ2) is 12.4. The van der Waals surface area contributed by atoms with Crippen LogP contribution in [0.25, 0.3) is 0 Å². The molecule has 2 aromatic rings.